The van der Waals surface area contributed by atoms with E-state index in [9.17, 15) is 35.4 Å². The average molecular weight is 765 g/mol. The van der Waals surface area contributed by atoms with Crippen LogP contribution in [0.3, 0.4) is 0 Å². The number of aliphatic hydroxyl groups excluding tert-OH is 4. The number of esters is 1. The number of aliphatic hydroxyl groups is 6. The Morgan fingerprint density at radius 2 is 1.53 bits per heavy atom. The molecule has 3 fully saturated rings. The van der Waals surface area contributed by atoms with Crippen molar-refractivity contribution < 1.29 is 63.9 Å². The Morgan fingerprint density at radius 1 is 0.925 bits per heavy atom. The fourth-order valence-corrected chi connectivity index (χ4v) is 8.69. The molecule has 0 spiro atoms. The van der Waals surface area contributed by atoms with Crippen LogP contribution in [-0.2, 0) is 33.2 Å². The van der Waals surface area contributed by atoms with Gasteiger partial charge in [0.2, 0.25) is 0 Å². The molecule has 0 aliphatic carbocycles. The molecule has 3 aliphatic rings. The third kappa shape index (κ3) is 10.1. The van der Waals surface area contributed by atoms with Gasteiger partial charge in [-0.1, -0.05) is 20.8 Å². The molecule has 53 heavy (non-hydrogen) atoms. The zero-order valence-corrected chi connectivity index (χ0v) is 34.5. The predicted molar refractivity (Wildman–Crippen MR) is 195 cm³/mol. The van der Waals surface area contributed by atoms with Crippen LogP contribution in [0.5, 0.6) is 0 Å². The molecule has 0 saturated carbocycles. The van der Waals surface area contributed by atoms with Gasteiger partial charge in [0.15, 0.2) is 12.6 Å². The smallest absolute Gasteiger partial charge is 0.311 e. The Balaban J connectivity index is 2.21. The zero-order valence-electron chi connectivity index (χ0n) is 34.5. The summed E-state index contributed by atoms with van der Waals surface area (Å²) in [5, 5.41) is 69.8. The third-order valence-electron chi connectivity index (χ3n) is 12.5. The van der Waals surface area contributed by atoms with Crippen molar-refractivity contribution in [3.8, 4) is 0 Å². The molecule has 3 heterocycles. The van der Waals surface area contributed by atoms with Crippen LogP contribution in [0.1, 0.15) is 94.9 Å². The molecular weight excluding hydrogens is 692 g/mol. The van der Waals surface area contributed by atoms with E-state index in [1.54, 1.807) is 62.4 Å². The second kappa shape index (κ2) is 18.0. The molecule has 3 saturated heterocycles. The van der Waals surface area contributed by atoms with Crippen LogP contribution < -0.4 is 0 Å². The number of hydrogen-bond donors (Lipinski definition) is 6. The molecule has 3 aliphatic heterocycles. The fraction of sp³-hybridized carbons (Fsp3) is 0.974. The van der Waals surface area contributed by atoms with E-state index in [-0.39, 0.29) is 31.4 Å². The molecule has 0 amide bonds. The quantitative estimate of drug-likeness (QED) is 0.202. The summed E-state index contributed by atoms with van der Waals surface area (Å²) in [5.74, 6) is -3.26. The lowest BCUT2D eigenvalue weighted by Crippen LogP contribution is -2.60. The second-order valence-electron chi connectivity index (χ2n) is 17.2. The van der Waals surface area contributed by atoms with E-state index >= 15 is 0 Å². The highest BCUT2D eigenvalue weighted by Crippen LogP contribution is 2.40. The highest BCUT2D eigenvalue weighted by atomic mass is 16.7. The Hall–Kier alpha value is -1.05. The Kier molecular flexibility index (Phi) is 15.8. The van der Waals surface area contributed by atoms with Crippen molar-refractivity contribution in [3.05, 3.63) is 0 Å². The Morgan fingerprint density at radius 3 is 2.08 bits per heavy atom. The first-order valence-corrected chi connectivity index (χ1v) is 19.3. The first-order valence-electron chi connectivity index (χ1n) is 19.3. The summed E-state index contributed by atoms with van der Waals surface area (Å²) in [5.41, 5.74) is -4.71. The zero-order chi connectivity index (χ0) is 40.5. The molecule has 0 aromatic heterocycles. The number of likely N-dealkylation sites (N-methyl/N-ethyl adjacent to an activating group) is 2. The maximum atomic E-state index is 14.2. The number of methoxy groups -OCH3 is 1. The summed E-state index contributed by atoms with van der Waals surface area (Å²) in [7, 11) is 6.82. The molecule has 15 nitrogen and oxygen atoms in total. The maximum Gasteiger partial charge on any atom is 0.311 e. The van der Waals surface area contributed by atoms with Crippen LogP contribution in [0.4, 0.5) is 0 Å². The minimum Gasteiger partial charge on any atom is -0.459 e. The van der Waals surface area contributed by atoms with Gasteiger partial charge < -0.3 is 64.0 Å². The van der Waals surface area contributed by atoms with Crippen LogP contribution in [0.25, 0.3) is 0 Å². The lowest BCUT2D eigenvalue weighted by Gasteiger charge is -2.49. The number of carbonyl (C=O) groups excluding carboxylic acids is 1. The fourth-order valence-electron chi connectivity index (χ4n) is 8.69. The van der Waals surface area contributed by atoms with Crippen LogP contribution in [0.15, 0.2) is 0 Å². The van der Waals surface area contributed by atoms with E-state index in [2.05, 4.69) is 0 Å². The Bertz CT molecular complexity index is 1180. The summed E-state index contributed by atoms with van der Waals surface area (Å²) in [4.78, 5) is 17.6. The standard InChI is InChI=1S/C38H72N2O13/c1-15-26-38(10,47)30(42)23(6)40(13)33(44)19(2)17-36(8,46)32(53-35-28(41)25(39(11)12)16-20(3)49-35)21(4)29(22(5)34(45)51-26)52-27-18-37(9,48-14)31(43)24(7)50-27/h19-33,35,41-44,46-47H,15-18H2,1-14H3/t19-,20-,21+,22-,23-,24+,25+,26-,27+,28-,29+,30-,31+,32-,33?,35+,36-,37-,38-/m1/s1. The minimum absolute atomic E-state index is 0.0315. The van der Waals surface area contributed by atoms with Gasteiger partial charge in [-0.25, -0.2) is 0 Å². The lowest BCUT2D eigenvalue weighted by molar-refractivity contribution is -0.318. The van der Waals surface area contributed by atoms with Crippen molar-refractivity contribution in [2.24, 2.45) is 17.8 Å². The van der Waals surface area contributed by atoms with E-state index in [1.165, 1.54) is 18.9 Å². The molecule has 6 N–H and O–H groups in total. The first kappa shape index (κ1) is 46.3. The van der Waals surface area contributed by atoms with Crippen molar-refractivity contribution in [2.45, 2.75) is 191 Å². The molecule has 1 unspecified atom stereocenters. The van der Waals surface area contributed by atoms with E-state index in [0.29, 0.717) is 6.42 Å². The van der Waals surface area contributed by atoms with Crippen molar-refractivity contribution >= 4 is 5.97 Å². The van der Waals surface area contributed by atoms with E-state index in [1.807, 2.05) is 25.9 Å². The van der Waals surface area contributed by atoms with Crippen molar-refractivity contribution in [2.75, 3.05) is 28.3 Å². The SMILES string of the molecule is CC[C@H]1OC(=O)[C@H](C)[C@@H](O[C@H]2C[C@@](C)(OC)[C@@H](O)[C@H](C)O2)[C@H](C)[C@@H](O[C@@H]2O[C@H](C)C[C@H](N(C)C)[C@H]2O)[C@](C)(O)C[C@@H](C)C(O)N(C)[C@H](C)[C@@H](O)[C@]1(C)O. The normalized spacial score (nSPS) is 50.3. The van der Waals surface area contributed by atoms with Crippen molar-refractivity contribution in [1.82, 2.24) is 9.80 Å². The summed E-state index contributed by atoms with van der Waals surface area (Å²) >= 11 is 0. The molecule has 15 heteroatoms. The molecule has 19 atom stereocenters. The summed E-state index contributed by atoms with van der Waals surface area (Å²) in [6, 6.07) is -1.13. The number of cyclic esters (lactones) is 1. The van der Waals surface area contributed by atoms with Crippen LogP contribution >= 0.6 is 0 Å². The number of nitrogens with zero attached hydrogens (tertiary/aromatic N) is 2. The molecule has 312 valence electrons. The van der Waals surface area contributed by atoms with Gasteiger partial charge in [0.25, 0.3) is 0 Å². The van der Waals surface area contributed by atoms with Gasteiger partial charge in [0, 0.05) is 31.5 Å². The van der Waals surface area contributed by atoms with Gasteiger partial charge in [-0.05, 0) is 94.8 Å². The van der Waals surface area contributed by atoms with E-state index < -0.39 is 108 Å². The molecule has 0 aromatic rings. The topological polar surface area (TPSA) is 200 Å². The molecule has 3 rings (SSSR count). The van der Waals surface area contributed by atoms with Crippen LogP contribution in [0.2, 0.25) is 0 Å². The predicted octanol–water partition coefficient (Wildman–Crippen LogP) is 1.22. The second-order valence-corrected chi connectivity index (χ2v) is 17.2. The number of ether oxygens (including phenoxy) is 6. The molecule has 0 aromatic carbocycles. The maximum absolute atomic E-state index is 14.2. The van der Waals surface area contributed by atoms with Gasteiger partial charge in [-0.3, -0.25) is 9.69 Å². The lowest BCUT2D eigenvalue weighted by atomic mass is 9.77. The highest BCUT2D eigenvalue weighted by molar-refractivity contribution is 5.73. The minimum atomic E-state index is -1.92. The van der Waals surface area contributed by atoms with Gasteiger partial charge in [-0.15, -0.1) is 0 Å². The monoisotopic (exact) mass is 765 g/mol. The van der Waals surface area contributed by atoms with Crippen LogP contribution in [0, 0.1) is 17.8 Å². The van der Waals surface area contributed by atoms with Gasteiger partial charge in [0.05, 0.1) is 41.5 Å². The molecule has 0 radical (unpaired) electrons. The number of hydrogen-bond acceptors (Lipinski definition) is 15. The first-order chi connectivity index (χ1) is 24.3. The summed E-state index contributed by atoms with van der Waals surface area (Å²) < 4.78 is 37.4. The van der Waals surface area contributed by atoms with E-state index in [4.69, 9.17) is 28.4 Å². The summed E-state index contributed by atoms with van der Waals surface area (Å²) in [6.45, 7) is 16.8. The number of carbonyl (C=O) groups is 1. The highest BCUT2D eigenvalue weighted by Gasteiger charge is 2.53. The Labute approximate surface area is 316 Å². The van der Waals surface area contributed by atoms with E-state index in [0.717, 1.165) is 0 Å². The average Bonchev–Trinajstić information content (AvgIpc) is 3.08. The van der Waals surface area contributed by atoms with Crippen molar-refractivity contribution in [3.63, 3.8) is 0 Å². The summed E-state index contributed by atoms with van der Waals surface area (Å²) in [6.07, 6.45) is -10.5. The number of rotatable bonds is 7. The largest absolute Gasteiger partial charge is 0.459 e. The van der Waals surface area contributed by atoms with Crippen LogP contribution in [-0.4, -0.2) is 171 Å². The van der Waals surface area contributed by atoms with Gasteiger partial charge in [-0.2, -0.15) is 0 Å². The molecular formula is C38H72N2O13. The van der Waals surface area contributed by atoms with Crippen molar-refractivity contribution in [1.29, 1.82) is 0 Å². The van der Waals surface area contributed by atoms with Gasteiger partial charge in [0.1, 0.15) is 36.2 Å². The third-order valence-corrected chi connectivity index (χ3v) is 12.5. The van der Waals surface area contributed by atoms with Gasteiger partial charge >= 0.3 is 5.97 Å². The molecule has 0 bridgehead atoms.